The van der Waals surface area contributed by atoms with Gasteiger partial charge in [0.05, 0.1) is 16.5 Å². The van der Waals surface area contributed by atoms with Gasteiger partial charge in [-0.25, -0.2) is 0 Å². The quantitative estimate of drug-likeness (QED) is 0.374. The van der Waals surface area contributed by atoms with Crippen molar-refractivity contribution in [3.8, 4) is 17.1 Å². The van der Waals surface area contributed by atoms with Crippen molar-refractivity contribution >= 4 is 35.0 Å². The van der Waals surface area contributed by atoms with Gasteiger partial charge in [-0.1, -0.05) is 47.1 Å². The maximum atomic E-state index is 12.7. The minimum absolute atomic E-state index is 0.162. The Morgan fingerprint density at radius 1 is 1.06 bits per heavy atom. The van der Waals surface area contributed by atoms with Gasteiger partial charge in [-0.3, -0.25) is 14.3 Å². The number of pyridine rings is 1. The minimum atomic E-state index is -0.162. The van der Waals surface area contributed by atoms with E-state index in [0.717, 1.165) is 27.9 Å². The van der Waals surface area contributed by atoms with Crippen molar-refractivity contribution in [3.05, 3.63) is 82.6 Å². The number of aromatic nitrogens is 4. The number of anilines is 1. The fourth-order valence-corrected chi connectivity index (χ4v) is 4.47. The lowest BCUT2D eigenvalue weighted by molar-refractivity contribution is -0.113. The molecule has 162 valence electrons. The molecule has 4 aromatic rings. The fraction of sp³-hybridized carbons (Fsp3) is 0.167. The maximum absolute atomic E-state index is 12.7. The molecule has 0 radical (unpaired) electrons. The molecule has 0 saturated heterocycles. The molecule has 1 N–H and O–H groups in total. The first kappa shape index (κ1) is 22.0. The number of aryl methyl sites for hydroxylation is 3. The number of rotatable bonds is 6. The maximum Gasteiger partial charge on any atom is 0.234 e. The molecule has 2 aromatic heterocycles. The Hall–Kier alpha value is -3.16. The van der Waals surface area contributed by atoms with Gasteiger partial charge in [0.25, 0.3) is 0 Å². The highest BCUT2D eigenvalue weighted by Crippen LogP contribution is 2.30. The molecule has 1 amide bonds. The molecule has 0 aliphatic carbocycles. The van der Waals surface area contributed by atoms with Crippen LogP contribution in [-0.2, 0) is 4.79 Å². The van der Waals surface area contributed by atoms with Crippen LogP contribution in [-0.4, -0.2) is 31.4 Å². The summed E-state index contributed by atoms with van der Waals surface area (Å²) < 4.78 is 1.94. The second-order valence-corrected chi connectivity index (χ2v) is 8.84. The number of nitrogens with zero attached hydrogens (tertiary/aromatic N) is 4. The number of carbonyl (C=O) groups is 1. The molecule has 4 rings (SSSR count). The first-order valence-corrected chi connectivity index (χ1v) is 11.4. The summed E-state index contributed by atoms with van der Waals surface area (Å²) in [6.45, 7) is 5.93. The molecule has 32 heavy (non-hydrogen) atoms. The van der Waals surface area contributed by atoms with Crippen molar-refractivity contribution in [3.63, 3.8) is 0 Å². The lowest BCUT2D eigenvalue weighted by Crippen LogP contribution is -2.16. The van der Waals surface area contributed by atoms with E-state index in [1.807, 2.05) is 73.9 Å². The van der Waals surface area contributed by atoms with Crippen molar-refractivity contribution < 1.29 is 4.79 Å². The van der Waals surface area contributed by atoms with Gasteiger partial charge in [0.1, 0.15) is 0 Å². The molecule has 0 aliphatic heterocycles. The zero-order valence-electron chi connectivity index (χ0n) is 18.0. The topological polar surface area (TPSA) is 72.7 Å². The second kappa shape index (κ2) is 9.54. The number of nitrogens with one attached hydrogen (secondary N) is 1. The van der Waals surface area contributed by atoms with Crippen LogP contribution in [0.4, 0.5) is 5.69 Å². The Morgan fingerprint density at radius 2 is 1.84 bits per heavy atom. The number of halogens is 1. The van der Waals surface area contributed by atoms with E-state index in [1.165, 1.54) is 11.8 Å². The molecule has 0 spiro atoms. The average Bonchev–Trinajstić information content (AvgIpc) is 3.20. The lowest BCUT2D eigenvalue weighted by Gasteiger charge is -2.12. The van der Waals surface area contributed by atoms with E-state index in [0.29, 0.717) is 21.7 Å². The minimum Gasteiger partial charge on any atom is -0.324 e. The summed E-state index contributed by atoms with van der Waals surface area (Å²) >= 11 is 7.65. The van der Waals surface area contributed by atoms with E-state index < -0.39 is 0 Å². The summed E-state index contributed by atoms with van der Waals surface area (Å²) in [4.78, 5) is 16.9. The van der Waals surface area contributed by atoms with Crippen molar-refractivity contribution in [1.82, 2.24) is 19.7 Å². The molecule has 0 unspecified atom stereocenters. The monoisotopic (exact) mass is 463 g/mol. The lowest BCUT2D eigenvalue weighted by atomic mass is 10.1. The predicted octanol–water partition coefficient (Wildman–Crippen LogP) is 5.64. The Kier molecular flexibility index (Phi) is 6.58. The highest BCUT2D eigenvalue weighted by molar-refractivity contribution is 7.99. The highest BCUT2D eigenvalue weighted by atomic mass is 35.5. The predicted molar refractivity (Wildman–Crippen MR) is 130 cm³/mol. The molecule has 2 aromatic carbocycles. The van der Waals surface area contributed by atoms with Crippen molar-refractivity contribution in [2.45, 2.75) is 25.9 Å². The van der Waals surface area contributed by atoms with Crippen LogP contribution >= 0.6 is 23.4 Å². The SMILES string of the molecule is Cc1ccc(-n2c(SCC(=O)Nc3c(C)cc(C)cc3Cl)nnc2-c2cccnc2)cc1. The molecule has 6 nitrogen and oxygen atoms in total. The van der Waals surface area contributed by atoms with Crippen LogP contribution in [0, 0.1) is 20.8 Å². The molecule has 0 atom stereocenters. The standard InChI is InChI=1S/C24H22ClN5OS/c1-15-6-8-19(9-7-15)30-23(18-5-4-10-26-13-18)28-29-24(30)32-14-21(31)27-22-17(3)11-16(2)12-20(22)25/h4-13H,14H2,1-3H3,(H,27,31). The van der Waals surface area contributed by atoms with Gasteiger partial charge in [0.2, 0.25) is 5.91 Å². The average molecular weight is 464 g/mol. The zero-order chi connectivity index (χ0) is 22.7. The smallest absolute Gasteiger partial charge is 0.234 e. The molecule has 8 heteroatoms. The van der Waals surface area contributed by atoms with Crippen LogP contribution in [0.15, 0.2) is 66.1 Å². The van der Waals surface area contributed by atoms with Gasteiger partial charge in [-0.05, 0) is 62.2 Å². The summed E-state index contributed by atoms with van der Waals surface area (Å²) in [5.74, 6) is 0.674. The Morgan fingerprint density at radius 3 is 2.53 bits per heavy atom. The molecule has 0 aliphatic rings. The van der Waals surface area contributed by atoms with E-state index in [4.69, 9.17) is 11.6 Å². The highest BCUT2D eigenvalue weighted by Gasteiger charge is 2.18. The van der Waals surface area contributed by atoms with Gasteiger partial charge in [0, 0.05) is 23.6 Å². The fourth-order valence-electron chi connectivity index (χ4n) is 3.35. The van der Waals surface area contributed by atoms with E-state index in [1.54, 1.807) is 12.4 Å². The van der Waals surface area contributed by atoms with Crippen LogP contribution in [0.5, 0.6) is 0 Å². The second-order valence-electron chi connectivity index (χ2n) is 7.49. The third-order valence-electron chi connectivity index (χ3n) is 4.87. The third-order valence-corrected chi connectivity index (χ3v) is 6.10. The molecular weight excluding hydrogens is 442 g/mol. The number of thioether (sulfide) groups is 1. The number of amides is 1. The number of carbonyl (C=O) groups excluding carboxylic acids is 1. The summed E-state index contributed by atoms with van der Waals surface area (Å²) in [6.07, 6.45) is 3.46. The molecule has 0 fully saturated rings. The van der Waals surface area contributed by atoms with E-state index >= 15 is 0 Å². The van der Waals surface area contributed by atoms with Crippen LogP contribution in [0.25, 0.3) is 17.1 Å². The summed E-state index contributed by atoms with van der Waals surface area (Å²) in [7, 11) is 0. The van der Waals surface area contributed by atoms with Crippen LogP contribution < -0.4 is 5.32 Å². The van der Waals surface area contributed by atoms with Crippen molar-refractivity contribution in [2.75, 3.05) is 11.1 Å². The Bertz CT molecular complexity index is 1230. The Labute approximate surface area is 196 Å². The molecule has 0 saturated carbocycles. The molecular formula is C24H22ClN5OS. The first-order valence-electron chi connectivity index (χ1n) is 10.0. The van der Waals surface area contributed by atoms with Gasteiger partial charge >= 0.3 is 0 Å². The van der Waals surface area contributed by atoms with E-state index in [2.05, 4.69) is 20.5 Å². The number of hydrogen-bond acceptors (Lipinski definition) is 5. The van der Waals surface area contributed by atoms with E-state index in [9.17, 15) is 4.79 Å². The van der Waals surface area contributed by atoms with Crippen LogP contribution in [0.1, 0.15) is 16.7 Å². The van der Waals surface area contributed by atoms with Gasteiger partial charge in [-0.15, -0.1) is 10.2 Å². The summed E-state index contributed by atoms with van der Waals surface area (Å²) in [5, 5.41) is 12.8. The number of hydrogen-bond donors (Lipinski definition) is 1. The molecule has 2 heterocycles. The van der Waals surface area contributed by atoms with Gasteiger partial charge in [0.15, 0.2) is 11.0 Å². The van der Waals surface area contributed by atoms with Crippen LogP contribution in [0.3, 0.4) is 0 Å². The zero-order valence-corrected chi connectivity index (χ0v) is 19.5. The Balaban J connectivity index is 1.59. The van der Waals surface area contributed by atoms with Crippen molar-refractivity contribution in [1.29, 1.82) is 0 Å². The van der Waals surface area contributed by atoms with Crippen LogP contribution in [0.2, 0.25) is 5.02 Å². The van der Waals surface area contributed by atoms with Gasteiger partial charge in [-0.2, -0.15) is 0 Å². The summed E-state index contributed by atoms with van der Waals surface area (Å²) in [5.41, 5.74) is 5.53. The van der Waals surface area contributed by atoms with E-state index in [-0.39, 0.29) is 11.7 Å². The molecule has 0 bridgehead atoms. The summed E-state index contributed by atoms with van der Waals surface area (Å²) in [6, 6.07) is 15.7. The van der Waals surface area contributed by atoms with Crippen molar-refractivity contribution in [2.24, 2.45) is 0 Å². The third kappa shape index (κ3) is 4.84. The number of benzene rings is 2. The van der Waals surface area contributed by atoms with Gasteiger partial charge < -0.3 is 5.32 Å². The normalized spacial score (nSPS) is 10.9. The first-order chi connectivity index (χ1) is 15.4. The largest absolute Gasteiger partial charge is 0.324 e.